The van der Waals surface area contributed by atoms with Crippen molar-refractivity contribution in [3.63, 3.8) is 0 Å². The molecule has 2 N–H and O–H groups in total. The van der Waals surface area contributed by atoms with Gasteiger partial charge < -0.3 is 19.9 Å². The fourth-order valence-electron chi connectivity index (χ4n) is 2.86. The molecule has 3 aromatic rings. The molecule has 0 spiro atoms. The van der Waals surface area contributed by atoms with E-state index in [1.54, 1.807) is 36.4 Å². The lowest BCUT2D eigenvalue weighted by Crippen LogP contribution is -2.23. The van der Waals surface area contributed by atoms with E-state index in [0.29, 0.717) is 36.1 Å². The highest BCUT2D eigenvalue weighted by Gasteiger charge is 2.19. The van der Waals surface area contributed by atoms with Crippen LogP contribution in [0.3, 0.4) is 0 Å². The summed E-state index contributed by atoms with van der Waals surface area (Å²) >= 11 is 0. The fourth-order valence-corrected chi connectivity index (χ4v) is 2.86. The second kappa shape index (κ2) is 7.71. The first-order valence-corrected chi connectivity index (χ1v) is 8.08. The van der Waals surface area contributed by atoms with E-state index in [9.17, 15) is 4.79 Å². The van der Waals surface area contributed by atoms with E-state index in [0.717, 1.165) is 11.8 Å². The van der Waals surface area contributed by atoms with E-state index in [-0.39, 0.29) is 25.1 Å². The number of rotatable bonds is 4. The van der Waals surface area contributed by atoms with Crippen LogP contribution in [-0.4, -0.2) is 38.8 Å². The summed E-state index contributed by atoms with van der Waals surface area (Å²) in [4.78, 5) is 25.4. The van der Waals surface area contributed by atoms with Gasteiger partial charge in [-0.05, 0) is 23.9 Å². The van der Waals surface area contributed by atoms with Crippen LogP contribution in [0, 0.1) is 0 Å². The topological polar surface area (TPSA) is 94.0 Å². The molecule has 0 bridgehead atoms. The summed E-state index contributed by atoms with van der Waals surface area (Å²) in [5, 5.41) is 7.87. The van der Waals surface area contributed by atoms with Crippen LogP contribution in [0.5, 0.6) is 0 Å². The minimum atomic E-state index is -0.0857. The van der Waals surface area contributed by atoms with Gasteiger partial charge >= 0.3 is 0 Å². The Morgan fingerprint density at radius 1 is 1.31 bits per heavy atom. The molecule has 0 saturated carbocycles. The van der Waals surface area contributed by atoms with Gasteiger partial charge in [0.25, 0.3) is 5.56 Å². The largest absolute Gasteiger partial charge is 0.379 e. The van der Waals surface area contributed by atoms with Gasteiger partial charge in [0.05, 0.1) is 24.2 Å². The smallest absolute Gasteiger partial charge is 0.261 e. The van der Waals surface area contributed by atoms with Crippen molar-refractivity contribution in [2.45, 2.75) is 12.5 Å². The number of hydrogen-bond acceptors (Lipinski definition) is 7. The summed E-state index contributed by atoms with van der Waals surface area (Å²) < 4.78 is 6.97. The lowest BCUT2D eigenvalue weighted by molar-refractivity contribution is 0.195. The summed E-state index contributed by atoms with van der Waals surface area (Å²) in [5.74, 6) is 1.75. The van der Waals surface area contributed by atoms with Gasteiger partial charge in [-0.15, -0.1) is 0 Å². The Balaban J connectivity index is 0.00000196. The highest BCUT2D eigenvalue weighted by atomic mass is 32.1. The SMILES string of the molecule is Cn1ccc2cc(Nc3cnccn3)nc(N[C@H]3CCOC3)c2c1=O.S. The number of nitrogens with one attached hydrogen (secondary N) is 2. The first-order valence-electron chi connectivity index (χ1n) is 8.08. The Morgan fingerprint density at radius 3 is 2.92 bits per heavy atom. The van der Waals surface area contributed by atoms with Crippen molar-refractivity contribution in [1.82, 2.24) is 19.5 Å². The maximum atomic E-state index is 12.6. The van der Waals surface area contributed by atoms with Crippen molar-refractivity contribution in [3.05, 3.63) is 47.3 Å². The molecule has 0 amide bonds. The zero-order valence-electron chi connectivity index (χ0n) is 14.3. The van der Waals surface area contributed by atoms with Crippen molar-refractivity contribution in [2.75, 3.05) is 23.8 Å². The standard InChI is InChI=1S/C17H18N6O2.H2S/c1-23-6-2-11-8-13(21-14-9-18-4-5-19-14)22-16(15(11)17(23)24)20-12-3-7-25-10-12;/h2,4-6,8-9,12H,3,7,10H2,1H3,(H2,19,20,21,22);1H2/t12-;/m0./s1. The number of hydrogen-bond donors (Lipinski definition) is 2. The molecule has 1 fully saturated rings. The summed E-state index contributed by atoms with van der Waals surface area (Å²) in [6, 6.07) is 3.88. The van der Waals surface area contributed by atoms with Crippen LogP contribution >= 0.6 is 13.5 Å². The molecule has 4 rings (SSSR count). The van der Waals surface area contributed by atoms with Crippen molar-refractivity contribution in [2.24, 2.45) is 7.05 Å². The number of pyridine rings is 2. The van der Waals surface area contributed by atoms with Gasteiger partial charge in [-0.25, -0.2) is 9.97 Å². The maximum Gasteiger partial charge on any atom is 0.261 e. The van der Waals surface area contributed by atoms with Crippen LogP contribution < -0.4 is 16.2 Å². The Labute approximate surface area is 157 Å². The highest BCUT2D eigenvalue weighted by molar-refractivity contribution is 7.59. The summed E-state index contributed by atoms with van der Waals surface area (Å²) in [6.45, 7) is 1.32. The van der Waals surface area contributed by atoms with E-state index in [4.69, 9.17) is 4.74 Å². The third-order valence-electron chi connectivity index (χ3n) is 4.15. The Kier molecular flexibility index (Phi) is 5.38. The van der Waals surface area contributed by atoms with Crippen LogP contribution in [0.2, 0.25) is 0 Å². The minimum Gasteiger partial charge on any atom is -0.379 e. The van der Waals surface area contributed by atoms with Crippen molar-refractivity contribution >= 4 is 41.7 Å². The molecule has 8 nitrogen and oxygen atoms in total. The number of ether oxygens (including phenoxy) is 1. The molecule has 0 aliphatic carbocycles. The van der Waals surface area contributed by atoms with Crippen LogP contribution in [-0.2, 0) is 11.8 Å². The molecule has 0 aromatic carbocycles. The Hall–Kier alpha value is -2.65. The third-order valence-corrected chi connectivity index (χ3v) is 4.15. The van der Waals surface area contributed by atoms with E-state index in [1.807, 2.05) is 12.1 Å². The van der Waals surface area contributed by atoms with E-state index in [2.05, 4.69) is 25.6 Å². The Morgan fingerprint density at radius 2 is 2.19 bits per heavy atom. The van der Waals surface area contributed by atoms with Gasteiger partial charge in [0.1, 0.15) is 17.5 Å². The lowest BCUT2D eigenvalue weighted by Gasteiger charge is -2.15. The van der Waals surface area contributed by atoms with Crippen LogP contribution in [0.4, 0.5) is 17.5 Å². The summed E-state index contributed by atoms with van der Waals surface area (Å²) in [5.41, 5.74) is -0.0857. The first-order chi connectivity index (χ1) is 12.2. The monoisotopic (exact) mass is 372 g/mol. The number of aryl methyl sites for hydroxylation is 1. The zero-order valence-corrected chi connectivity index (χ0v) is 15.3. The average molecular weight is 372 g/mol. The quantitative estimate of drug-likeness (QED) is 0.721. The summed E-state index contributed by atoms with van der Waals surface area (Å²) in [7, 11) is 1.73. The molecule has 0 radical (unpaired) electrons. The molecular weight excluding hydrogens is 352 g/mol. The van der Waals surface area contributed by atoms with Crippen LogP contribution in [0.25, 0.3) is 10.8 Å². The molecule has 1 aliphatic rings. The van der Waals surface area contributed by atoms with E-state index < -0.39 is 0 Å². The normalized spacial score (nSPS) is 16.3. The Bertz CT molecular complexity index is 957. The number of aromatic nitrogens is 4. The molecule has 9 heteroatoms. The van der Waals surface area contributed by atoms with Crippen molar-refractivity contribution in [3.8, 4) is 0 Å². The molecule has 1 aliphatic heterocycles. The highest BCUT2D eigenvalue weighted by Crippen LogP contribution is 2.25. The van der Waals surface area contributed by atoms with Gasteiger partial charge in [0.15, 0.2) is 0 Å². The minimum absolute atomic E-state index is 0. The second-order valence-corrected chi connectivity index (χ2v) is 5.97. The summed E-state index contributed by atoms with van der Waals surface area (Å²) in [6.07, 6.45) is 7.47. The maximum absolute atomic E-state index is 12.6. The van der Waals surface area contributed by atoms with Crippen molar-refractivity contribution < 1.29 is 4.74 Å². The molecule has 1 saturated heterocycles. The predicted molar refractivity (Wildman–Crippen MR) is 106 cm³/mol. The third kappa shape index (κ3) is 3.63. The number of nitrogens with zero attached hydrogens (tertiary/aromatic N) is 4. The van der Waals surface area contributed by atoms with Crippen LogP contribution in [0.15, 0.2) is 41.7 Å². The molecule has 136 valence electrons. The molecule has 3 aromatic heterocycles. The molecule has 4 heterocycles. The van der Waals surface area contributed by atoms with Gasteiger partial charge in [0.2, 0.25) is 0 Å². The molecule has 1 atom stereocenters. The predicted octanol–water partition coefficient (Wildman–Crippen LogP) is 1.78. The number of fused-ring (bicyclic) bond motifs is 1. The van der Waals surface area contributed by atoms with Gasteiger partial charge in [0, 0.05) is 32.2 Å². The van der Waals surface area contributed by atoms with Gasteiger partial charge in [-0.1, -0.05) is 0 Å². The molecule has 0 unspecified atom stereocenters. The van der Waals surface area contributed by atoms with Crippen molar-refractivity contribution in [1.29, 1.82) is 0 Å². The first kappa shape index (κ1) is 18.2. The van der Waals surface area contributed by atoms with E-state index >= 15 is 0 Å². The molecule has 26 heavy (non-hydrogen) atoms. The van der Waals surface area contributed by atoms with E-state index in [1.165, 1.54) is 0 Å². The zero-order chi connectivity index (χ0) is 17.2. The molecular formula is C17H20N6O2S. The van der Waals surface area contributed by atoms with Gasteiger partial charge in [-0.3, -0.25) is 9.78 Å². The fraction of sp³-hybridized carbons (Fsp3) is 0.294. The average Bonchev–Trinajstić information content (AvgIpc) is 3.12. The number of anilines is 3. The second-order valence-electron chi connectivity index (χ2n) is 5.97. The lowest BCUT2D eigenvalue weighted by atomic mass is 10.2. The van der Waals surface area contributed by atoms with Crippen LogP contribution in [0.1, 0.15) is 6.42 Å². The van der Waals surface area contributed by atoms with Gasteiger partial charge in [-0.2, -0.15) is 13.5 Å².